The molecule has 1 aromatic carbocycles. The molecule has 2 aromatic rings. The predicted octanol–water partition coefficient (Wildman–Crippen LogP) is 2.88. The maximum Gasteiger partial charge on any atom is 0.138 e. The van der Waals surface area contributed by atoms with Crippen LogP contribution in [-0.4, -0.2) is 16.5 Å². The number of nitrogens with one attached hydrogen (secondary N) is 1. The molecular formula is C14H17N3S. The first-order valence-corrected chi connectivity index (χ1v) is 7.05. The summed E-state index contributed by atoms with van der Waals surface area (Å²) in [5.74, 6) is 1.69. The Balaban J connectivity index is 1.86. The monoisotopic (exact) mass is 259 g/mol. The molecule has 0 amide bonds. The summed E-state index contributed by atoms with van der Waals surface area (Å²) < 4.78 is 0. The highest BCUT2D eigenvalue weighted by Crippen LogP contribution is 2.21. The normalized spacial score (nSPS) is 10.5. The molecule has 1 heterocycles. The lowest BCUT2D eigenvalue weighted by atomic mass is 10.2. The van der Waals surface area contributed by atoms with E-state index >= 15 is 0 Å². The van der Waals surface area contributed by atoms with Gasteiger partial charge in [0, 0.05) is 23.8 Å². The fourth-order valence-corrected chi connectivity index (χ4v) is 2.30. The molecule has 0 spiro atoms. The molecule has 18 heavy (non-hydrogen) atoms. The van der Waals surface area contributed by atoms with Crippen LogP contribution in [-0.2, 0) is 12.3 Å². The van der Waals surface area contributed by atoms with E-state index in [9.17, 15) is 0 Å². The first kappa shape index (κ1) is 13.1. The lowest BCUT2D eigenvalue weighted by Crippen LogP contribution is -2.11. The first-order chi connectivity index (χ1) is 8.88. The number of aromatic nitrogens is 2. The van der Waals surface area contributed by atoms with Crippen LogP contribution in [0.25, 0.3) is 0 Å². The molecule has 0 radical (unpaired) electrons. The Bertz CT molecular complexity index is 456. The summed E-state index contributed by atoms with van der Waals surface area (Å²) in [6.45, 7) is 4.05. The molecule has 3 nitrogen and oxygen atoms in total. The van der Waals surface area contributed by atoms with Crippen LogP contribution in [0.4, 0.5) is 0 Å². The molecule has 4 heteroatoms. The number of rotatable bonds is 6. The maximum absolute atomic E-state index is 4.21. The van der Waals surface area contributed by atoms with E-state index in [1.807, 2.05) is 6.07 Å². The van der Waals surface area contributed by atoms with Crippen molar-refractivity contribution in [1.82, 2.24) is 15.3 Å². The van der Waals surface area contributed by atoms with Crippen molar-refractivity contribution in [3.05, 3.63) is 54.1 Å². The second-order valence-corrected chi connectivity index (χ2v) is 4.93. The highest BCUT2D eigenvalue weighted by atomic mass is 32.2. The summed E-state index contributed by atoms with van der Waals surface area (Å²) in [4.78, 5) is 9.67. The van der Waals surface area contributed by atoms with Crippen molar-refractivity contribution in [2.45, 2.75) is 24.1 Å². The summed E-state index contributed by atoms with van der Waals surface area (Å²) >= 11 is 1.76. The van der Waals surface area contributed by atoms with Crippen molar-refractivity contribution in [3.8, 4) is 0 Å². The van der Waals surface area contributed by atoms with Crippen molar-refractivity contribution in [2.75, 3.05) is 6.54 Å². The van der Waals surface area contributed by atoms with Crippen molar-refractivity contribution in [3.63, 3.8) is 0 Å². The molecule has 0 saturated carbocycles. The third-order valence-electron chi connectivity index (χ3n) is 2.49. The first-order valence-electron chi connectivity index (χ1n) is 6.07. The molecular weight excluding hydrogens is 242 g/mol. The molecule has 0 unspecified atom stereocenters. The van der Waals surface area contributed by atoms with E-state index in [-0.39, 0.29) is 0 Å². The zero-order valence-electron chi connectivity index (χ0n) is 10.5. The van der Waals surface area contributed by atoms with E-state index in [1.165, 1.54) is 10.5 Å². The number of benzene rings is 1. The van der Waals surface area contributed by atoms with Crippen LogP contribution < -0.4 is 5.32 Å². The van der Waals surface area contributed by atoms with Crippen LogP contribution in [0.15, 0.2) is 47.6 Å². The molecule has 94 valence electrons. The number of thioether (sulfide) groups is 1. The molecule has 0 fully saturated rings. The lowest BCUT2D eigenvalue weighted by Gasteiger charge is -2.04. The molecule has 0 aliphatic carbocycles. The Kier molecular flexibility index (Phi) is 5.17. The number of hydrogen-bond acceptors (Lipinski definition) is 4. The van der Waals surface area contributed by atoms with Gasteiger partial charge in [-0.1, -0.05) is 19.1 Å². The summed E-state index contributed by atoms with van der Waals surface area (Å²) in [5, 5.41) is 3.32. The van der Waals surface area contributed by atoms with Crippen molar-refractivity contribution in [1.29, 1.82) is 0 Å². The van der Waals surface area contributed by atoms with Crippen LogP contribution >= 0.6 is 11.8 Å². The Hall–Kier alpha value is -1.39. The minimum atomic E-state index is 0.813. The SMILES string of the molecule is CCNCc1ccc(SCc2ncccn2)cc1. The Morgan fingerprint density at radius 1 is 1.11 bits per heavy atom. The Morgan fingerprint density at radius 3 is 2.50 bits per heavy atom. The minimum absolute atomic E-state index is 0.813. The smallest absolute Gasteiger partial charge is 0.138 e. The van der Waals surface area contributed by atoms with Gasteiger partial charge in [0.05, 0.1) is 5.75 Å². The lowest BCUT2D eigenvalue weighted by molar-refractivity contribution is 0.726. The molecule has 0 saturated heterocycles. The van der Waals surface area contributed by atoms with Gasteiger partial charge in [-0.2, -0.15) is 0 Å². The summed E-state index contributed by atoms with van der Waals surface area (Å²) in [5.41, 5.74) is 1.32. The van der Waals surface area contributed by atoms with E-state index in [0.29, 0.717) is 0 Å². The largest absolute Gasteiger partial charge is 0.313 e. The van der Waals surface area contributed by atoms with E-state index in [0.717, 1.165) is 24.7 Å². The summed E-state index contributed by atoms with van der Waals surface area (Å²) in [6, 6.07) is 10.5. The van der Waals surface area contributed by atoms with Gasteiger partial charge in [0.25, 0.3) is 0 Å². The molecule has 0 aliphatic heterocycles. The number of nitrogens with zero attached hydrogens (tertiary/aromatic N) is 2. The van der Waals surface area contributed by atoms with Gasteiger partial charge < -0.3 is 5.32 Å². The van der Waals surface area contributed by atoms with Gasteiger partial charge >= 0.3 is 0 Å². The summed E-state index contributed by atoms with van der Waals surface area (Å²) in [6.07, 6.45) is 3.56. The molecule has 0 aliphatic rings. The Labute approximate surface area is 112 Å². The molecule has 0 atom stereocenters. The van der Waals surface area contributed by atoms with Gasteiger partial charge in [0.2, 0.25) is 0 Å². The van der Waals surface area contributed by atoms with E-state index in [4.69, 9.17) is 0 Å². The third-order valence-corrected chi connectivity index (χ3v) is 3.50. The van der Waals surface area contributed by atoms with Crippen molar-refractivity contribution >= 4 is 11.8 Å². The fourth-order valence-electron chi connectivity index (χ4n) is 1.53. The van der Waals surface area contributed by atoms with Gasteiger partial charge in [-0.15, -0.1) is 11.8 Å². The van der Waals surface area contributed by atoms with Crippen molar-refractivity contribution < 1.29 is 0 Å². The van der Waals surface area contributed by atoms with Gasteiger partial charge in [0.15, 0.2) is 0 Å². The predicted molar refractivity (Wildman–Crippen MR) is 75.4 cm³/mol. The topological polar surface area (TPSA) is 37.8 Å². The van der Waals surface area contributed by atoms with E-state index in [1.54, 1.807) is 24.2 Å². The van der Waals surface area contributed by atoms with Gasteiger partial charge in [0.1, 0.15) is 5.82 Å². The third kappa shape index (κ3) is 4.13. The zero-order chi connectivity index (χ0) is 12.6. The average Bonchev–Trinajstić information content (AvgIpc) is 2.45. The second kappa shape index (κ2) is 7.13. The quantitative estimate of drug-likeness (QED) is 0.810. The van der Waals surface area contributed by atoms with Crippen molar-refractivity contribution in [2.24, 2.45) is 0 Å². The minimum Gasteiger partial charge on any atom is -0.313 e. The van der Waals surface area contributed by atoms with Crippen LogP contribution in [0.5, 0.6) is 0 Å². The summed E-state index contributed by atoms with van der Waals surface area (Å²) in [7, 11) is 0. The Morgan fingerprint density at radius 2 is 1.83 bits per heavy atom. The second-order valence-electron chi connectivity index (χ2n) is 3.88. The average molecular weight is 259 g/mol. The zero-order valence-corrected chi connectivity index (χ0v) is 11.3. The van der Waals surface area contributed by atoms with Crippen LogP contribution in [0.2, 0.25) is 0 Å². The van der Waals surface area contributed by atoms with Gasteiger partial charge in [-0.3, -0.25) is 0 Å². The highest BCUT2D eigenvalue weighted by Gasteiger charge is 1.98. The fraction of sp³-hybridized carbons (Fsp3) is 0.286. The van der Waals surface area contributed by atoms with E-state index in [2.05, 4.69) is 46.5 Å². The maximum atomic E-state index is 4.21. The van der Waals surface area contributed by atoms with Gasteiger partial charge in [-0.05, 0) is 30.3 Å². The van der Waals surface area contributed by atoms with Crippen LogP contribution in [0.3, 0.4) is 0 Å². The van der Waals surface area contributed by atoms with Gasteiger partial charge in [-0.25, -0.2) is 9.97 Å². The van der Waals surface area contributed by atoms with Crippen LogP contribution in [0.1, 0.15) is 18.3 Å². The van der Waals surface area contributed by atoms with E-state index < -0.39 is 0 Å². The standard InChI is InChI=1S/C14H17N3S/c1-2-15-10-12-4-6-13(7-5-12)18-11-14-16-8-3-9-17-14/h3-9,15H,2,10-11H2,1H3. The molecule has 1 N–H and O–H groups in total. The number of hydrogen-bond donors (Lipinski definition) is 1. The molecule has 2 rings (SSSR count). The molecule has 1 aromatic heterocycles. The molecule has 0 bridgehead atoms. The highest BCUT2D eigenvalue weighted by molar-refractivity contribution is 7.98. The van der Waals surface area contributed by atoms with Crippen LogP contribution in [0, 0.1) is 0 Å².